The number of carbonyl (C=O) groups is 1. The van der Waals surface area contributed by atoms with Gasteiger partial charge in [0.05, 0.1) is 4.90 Å². The number of hydrogen-bond donors (Lipinski definition) is 1. The molecule has 20 heavy (non-hydrogen) atoms. The van der Waals surface area contributed by atoms with E-state index in [4.69, 9.17) is 10.7 Å². The highest BCUT2D eigenvalue weighted by atomic mass is 35.7. The van der Waals surface area contributed by atoms with Gasteiger partial charge in [-0.1, -0.05) is 20.8 Å². The minimum Gasteiger partial charge on any atom is -0.321 e. The number of amides is 1. The van der Waals surface area contributed by atoms with Crippen LogP contribution in [0.4, 0.5) is 14.5 Å². The van der Waals surface area contributed by atoms with Crippen LogP contribution in [-0.4, -0.2) is 14.3 Å². The molecule has 0 aromatic heterocycles. The number of anilines is 1. The second-order valence-corrected chi connectivity index (χ2v) is 8.05. The third-order valence-electron chi connectivity index (χ3n) is 2.25. The van der Waals surface area contributed by atoms with Gasteiger partial charge >= 0.3 is 0 Å². The van der Waals surface area contributed by atoms with Crippen LogP contribution in [0.2, 0.25) is 0 Å². The summed E-state index contributed by atoms with van der Waals surface area (Å²) in [5.74, 6) is -2.98. The van der Waals surface area contributed by atoms with Crippen molar-refractivity contribution in [3.63, 3.8) is 0 Å². The highest BCUT2D eigenvalue weighted by molar-refractivity contribution is 8.13. The fourth-order valence-electron chi connectivity index (χ4n) is 1.48. The molecule has 0 spiro atoms. The number of nitrogens with one attached hydrogen (secondary N) is 1. The second kappa shape index (κ2) is 5.65. The quantitative estimate of drug-likeness (QED) is 0.867. The summed E-state index contributed by atoms with van der Waals surface area (Å²) in [4.78, 5) is 10.9. The Morgan fingerprint density at radius 2 is 1.70 bits per heavy atom. The summed E-state index contributed by atoms with van der Waals surface area (Å²) in [6.07, 6.45) is 0.0570. The minimum absolute atomic E-state index is 0.0570. The Hall–Kier alpha value is -1.21. The van der Waals surface area contributed by atoms with E-state index < -0.39 is 37.2 Å². The first-order chi connectivity index (χ1) is 8.90. The maximum Gasteiger partial charge on any atom is 0.261 e. The molecule has 0 aliphatic rings. The third kappa shape index (κ3) is 4.72. The van der Waals surface area contributed by atoms with E-state index >= 15 is 0 Å². The third-order valence-corrected chi connectivity index (χ3v) is 3.59. The zero-order chi connectivity index (χ0) is 15.7. The van der Waals surface area contributed by atoms with Crippen LogP contribution < -0.4 is 5.32 Å². The van der Waals surface area contributed by atoms with Gasteiger partial charge in [0.1, 0.15) is 5.69 Å². The smallest absolute Gasteiger partial charge is 0.261 e. The average Bonchev–Trinajstić information content (AvgIpc) is 2.19. The molecule has 112 valence electrons. The minimum atomic E-state index is -4.24. The summed E-state index contributed by atoms with van der Waals surface area (Å²) >= 11 is 0. The van der Waals surface area contributed by atoms with Crippen LogP contribution in [0.15, 0.2) is 17.0 Å². The first-order valence-corrected chi connectivity index (χ1v) is 7.94. The van der Waals surface area contributed by atoms with Crippen molar-refractivity contribution >= 4 is 31.3 Å². The summed E-state index contributed by atoms with van der Waals surface area (Å²) < 4.78 is 49.3. The van der Waals surface area contributed by atoms with Crippen molar-refractivity contribution in [1.82, 2.24) is 0 Å². The molecule has 8 heteroatoms. The lowest BCUT2D eigenvalue weighted by atomic mass is 9.92. The van der Waals surface area contributed by atoms with Gasteiger partial charge in [-0.2, -0.15) is 0 Å². The van der Waals surface area contributed by atoms with Gasteiger partial charge in [0.2, 0.25) is 5.91 Å². The van der Waals surface area contributed by atoms with E-state index in [9.17, 15) is 22.0 Å². The molecular formula is C12H14ClF2NO3S. The van der Waals surface area contributed by atoms with E-state index in [0.717, 1.165) is 0 Å². The van der Waals surface area contributed by atoms with Crippen molar-refractivity contribution < 1.29 is 22.0 Å². The normalized spacial score (nSPS) is 12.3. The average molecular weight is 326 g/mol. The molecule has 1 aromatic rings. The molecule has 0 fully saturated rings. The summed E-state index contributed by atoms with van der Waals surface area (Å²) in [5.41, 5.74) is -1.04. The van der Waals surface area contributed by atoms with Crippen LogP contribution >= 0.6 is 10.7 Å². The highest BCUT2D eigenvalue weighted by Crippen LogP contribution is 2.26. The van der Waals surface area contributed by atoms with Gasteiger partial charge in [0, 0.05) is 17.1 Å². The van der Waals surface area contributed by atoms with E-state index in [2.05, 4.69) is 5.32 Å². The Morgan fingerprint density at radius 3 is 2.05 bits per heavy atom. The van der Waals surface area contributed by atoms with E-state index in [1.165, 1.54) is 0 Å². The van der Waals surface area contributed by atoms with Crippen molar-refractivity contribution in [3.05, 3.63) is 23.8 Å². The molecule has 0 aliphatic heterocycles. The van der Waals surface area contributed by atoms with Gasteiger partial charge in [-0.15, -0.1) is 0 Å². The molecular weight excluding hydrogens is 312 g/mol. The SMILES string of the molecule is CC(C)(C)CC(=O)Nc1c(F)cc(S(=O)(=O)Cl)cc1F. The molecule has 0 unspecified atom stereocenters. The molecule has 4 nitrogen and oxygen atoms in total. The summed E-state index contributed by atoms with van der Waals surface area (Å²) in [7, 11) is 0.757. The Balaban J connectivity index is 3.07. The van der Waals surface area contributed by atoms with Crippen LogP contribution in [0.5, 0.6) is 0 Å². The van der Waals surface area contributed by atoms with Crippen molar-refractivity contribution in [1.29, 1.82) is 0 Å². The Bertz CT molecular complexity index is 616. The second-order valence-electron chi connectivity index (χ2n) is 5.49. The van der Waals surface area contributed by atoms with Gasteiger partial charge in [0.25, 0.3) is 9.05 Å². The van der Waals surface area contributed by atoms with Gasteiger partial charge in [-0.3, -0.25) is 4.79 Å². The largest absolute Gasteiger partial charge is 0.321 e. The van der Waals surface area contributed by atoms with Crippen LogP contribution in [0.1, 0.15) is 27.2 Å². The van der Waals surface area contributed by atoms with Crippen molar-refractivity contribution in [3.8, 4) is 0 Å². The maximum atomic E-state index is 13.7. The van der Waals surface area contributed by atoms with E-state index in [0.29, 0.717) is 12.1 Å². The highest BCUT2D eigenvalue weighted by Gasteiger charge is 2.21. The van der Waals surface area contributed by atoms with Crippen molar-refractivity contribution in [2.24, 2.45) is 5.41 Å². The molecule has 0 saturated heterocycles. The molecule has 1 aromatic carbocycles. The van der Waals surface area contributed by atoms with E-state index in [1.54, 1.807) is 20.8 Å². The zero-order valence-corrected chi connectivity index (χ0v) is 12.7. The molecule has 1 amide bonds. The monoisotopic (exact) mass is 325 g/mol. The molecule has 1 N–H and O–H groups in total. The van der Waals surface area contributed by atoms with Gasteiger partial charge < -0.3 is 5.32 Å². The van der Waals surface area contributed by atoms with Gasteiger partial charge in [-0.05, 0) is 17.5 Å². The lowest BCUT2D eigenvalue weighted by Crippen LogP contribution is -2.21. The van der Waals surface area contributed by atoms with Crippen molar-refractivity contribution in [2.45, 2.75) is 32.1 Å². The molecule has 0 heterocycles. The fourth-order valence-corrected chi connectivity index (χ4v) is 2.23. The molecule has 0 aliphatic carbocycles. The Labute approximate surface area is 120 Å². The Kier molecular flexibility index (Phi) is 4.76. The van der Waals surface area contributed by atoms with E-state index in [-0.39, 0.29) is 11.8 Å². The predicted octanol–water partition coefficient (Wildman–Crippen LogP) is 3.27. The lowest BCUT2D eigenvalue weighted by Gasteiger charge is -2.17. The number of rotatable bonds is 3. The Morgan fingerprint density at radius 1 is 1.25 bits per heavy atom. The topological polar surface area (TPSA) is 63.2 Å². The first kappa shape index (κ1) is 16.8. The molecule has 1 rings (SSSR count). The van der Waals surface area contributed by atoms with Crippen molar-refractivity contribution in [2.75, 3.05) is 5.32 Å². The maximum absolute atomic E-state index is 13.7. The molecule has 0 atom stereocenters. The van der Waals surface area contributed by atoms with Crippen LogP contribution in [0.25, 0.3) is 0 Å². The molecule has 0 radical (unpaired) electrons. The number of benzene rings is 1. The van der Waals surface area contributed by atoms with Gasteiger partial charge in [-0.25, -0.2) is 17.2 Å². The summed E-state index contributed by atoms with van der Waals surface area (Å²) in [6.45, 7) is 5.38. The zero-order valence-electron chi connectivity index (χ0n) is 11.1. The number of carbonyl (C=O) groups excluding carboxylic acids is 1. The van der Waals surface area contributed by atoms with E-state index in [1.807, 2.05) is 0 Å². The predicted molar refractivity (Wildman–Crippen MR) is 72.1 cm³/mol. The first-order valence-electron chi connectivity index (χ1n) is 5.64. The number of hydrogen-bond acceptors (Lipinski definition) is 3. The van der Waals surface area contributed by atoms with Crippen LogP contribution in [0.3, 0.4) is 0 Å². The molecule has 0 bridgehead atoms. The standard InChI is InChI=1S/C12H14ClF2NO3S/c1-12(2,3)6-10(17)16-11-8(14)4-7(5-9(11)15)20(13,18)19/h4-5H,6H2,1-3H3,(H,16,17). The lowest BCUT2D eigenvalue weighted by molar-refractivity contribution is -0.117. The van der Waals surface area contributed by atoms with Gasteiger partial charge in [0.15, 0.2) is 11.6 Å². The summed E-state index contributed by atoms with van der Waals surface area (Å²) in [6, 6.07) is 1.11. The summed E-state index contributed by atoms with van der Waals surface area (Å²) in [5, 5.41) is 2.09. The fraction of sp³-hybridized carbons (Fsp3) is 0.417. The molecule has 0 saturated carbocycles. The van der Waals surface area contributed by atoms with Crippen LogP contribution in [-0.2, 0) is 13.8 Å². The number of halogens is 3. The van der Waals surface area contributed by atoms with Crippen LogP contribution in [0, 0.1) is 17.0 Å².